The average molecular weight is 229 g/mol. The molecule has 0 bridgehead atoms. The number of hydrogen-bond acceptors (Lipinski definition) is 2. The van der Waals surface area contributed by atoms with Gasteiger partial charge in [0.25, 0.3) is 0 Å². The molecule has 1 aliphatic rings. The Balaban J connectivity index is 2.18. The second kappa shape index (κ2) is 4.74. The van der Waals surface area contributed by atoms with Gasteiger partial charge < -0.3 is 5.73 Å². The minimum atomic E-state index is 0.145. The lowest BCUT2D eigenvalue weighted by Gasteiger charge is -2.20. The molecule has 0 aromatic heterocycles. The number of carbonyl (C=O) groups is 1. The van der Waals surface area contributed by atoms with Gasteiger partial charge in [0.15, 0.2) is 5.78 Å². The van der Waals surface area contributed by atoms with Crippen molar-refractivity contribution in [2.75, 3.05) is 0 Å². The molecule has 0 amide bonds. The first-order valence-corrected chi connectivity index (χ1v) is 6.15. The number of hydrogen-bond donors (Lipinski definition) is 1. The molecule has 90 valence electrons. The van der Waals surface area contributed by atoms with Crippen LogP contribution in [-0.4, -0.2) is 5.78 Å². The van der Waals surface area contributed by atoms with Crippen molar-refractivity contribution in [3.05, 3.63) is 47.2 Å². The molecule has 0 spiro atoms. The van der Waals surface area contributed by atoms with E-state index in [1.54, 1.807) is 6.08 Å². The number of allylic oxidation sites excluding steroid dienone is 2. The summed E-state index contributed by atoms with van der Waals surface area (Å²) in [5.41, 5.74) is 9.03. The van der Waals surface area contributed by atoms with Gasteiger partial charge in [-0.2, -0.15) is 0 Å². The van der Waals surface area contributed by atoms with Crippen LogP contribution in [0, 0.1) is 0 Å². The van der Waals surface area contributed by atoms with Gasteiger partial charge in [-0.1, -0.05) is 38.1 Å². The zero-order chi connectivity index (χ0) is 12.4. The van der Waals surface area contributed by atoms with Crippen LogP contribution in [0.2, 0.25) is 0 Å². The van der Waals surface area contributed by atoms with E-state index < -0.39 is 0 Å². The average Bonchev–Trinajstić information content (AvgIpc) is 2.28. The quantitative estimate of drug-likeness (QED) is 0.846. The van der Waals surface area contributed by atoms with Crippen molar-refractivity contribution in [2.24, 2.45) is 5.73 Å². The fraction of sp³-hybridized carbons (Fsp3) is 0.400. The number of carbonyl (C=O) groups excluding carboxylic acids is 1. The predicted molar refractivity (Wildman–Crippen MR) is 69.8 cm³/mol. The lowest BCUT2D eigenvalue weighted by Crippen LogP contribution is -2.16. The largest absolute Gasteiger partial charge is 0.402 e. The third-order valence-corrected chi connectivity index (χ3v) is 3.35. The normalized spacial score (nSPS) is 20.5. The first-order valence-electron chi connectivity index (χ1n) is 6.15. The Kier molecular flexibility index (Phi) is 3.32. The van der Waals surface area contributed by atoms with Crippen molar-refractivity contribution >= 4 is 5.78 Å². The second-order valence-corrected chi connectivity index (χ2v) is 5.11. The van der Waals surface area contributed by atoms with Gasteiger partial charge in [-0.15, -0.1) is 0 Å². The van der Waals surface area contributed by atoms with Gasteiger partial charge in [0.05, 0.1) is 0 Å². The van der Waals surface area contributed by atoms with Crippen molar-refractivity contribution in [3.8, 4) is 0 Å². The summed E-state index contributed by atoms with van der Waals surface area (Å²) in [4.78, 5) is 11.5. The second-order valence-electron chi connectivity index (χ2n) is 5.11. The lowest BCUT2D eigenvalue weighted by atomic mass is 9.85. The zero-order valence-corrected chi connectivity index (χ0v) is 10.4. The van der Waals surface area contributed by atoms with Crippen LogP contribution in [0.25, 0.3) is 0 Å². The van der Waals surface area contributed by atoms with E-state index in [0.29, 0.717) is 18.0 Å². The Labute approximate surface area is 103 Å². The topological polar surface area (TPSA) is 43.1 Å². The SMILES string of the molecule is CC(C)c1ccc([C@@H]2CC(=O)C=C(N)C2)cc1. The van der Waals surface area contributed by atoms with Crippen LogP contribution < -0.4 is 5.73 Å². The molecule has 0 unspecified atom stereocenters. The molecule has 1 aromatic carbocycles. The van der Waals surface area contributed by atoms with E-state index in [9.17, 15) is 4.79 Å². The number of ketones is 1. The third-order valence-electron chi connectivity index (χ3n) is 3.35. The summed E-state index contributed by atoms with van der Waals surface area (Å²) in [6.07, 6.45) is 2.95. The summed E-state index contributed by atoms with van der Waals surface area (Å²) in [6.45, 7) is 4.36. The van der Waals surface area contributed by atoms with Crippen molar-refractivity contribution in [3.63, 3.8) is 0 Å². The molecule has 0 heterocycles. The van der Waals surface area contributed by atoms with E-state index in [0.717, 1.165) is 6.42 Å². The Morgan fingerprint density at radius 1 is 1.18 bits per heavy atom. The highest BCUT2D eigenvalue weighted by atomic mass is 16.1. The molecular weight excluding hydrogens is 210 g/mol. The molecule has 2 N–H and O–H groups in total. The Morgan fingerprint density at radius 3 is 2.35 bits per heavy atom. The van der Waals surface area contributed by atoms with Crippen LogP contribution in [0.4, 0.5) is 0 Å². The summed E-state index contributed by atoms with van der Waals surface area (Å²) in [5.74, 6) is 0.947. The minimum absolute atomic E-state index is 0.145. The van der Waals surface area contributed by atoms with E-state index in [1.165, 1.54) is 11.1 Å². The lowest BCUT2D eigenvalue weighted by molar-refractivity contribution is -0.115. The van der Waals surface area contributed by atoms with Crippen LogP contribution >= 0.6 is 0 Å². The summed E-state index contributed by atoms with van der Waals surface area (Å²) in [7, 11) is 0. The molecule has 2 heteroatoms. The van der Waals surface area contributed by atoms with E-state index in [4.69, 9.17) is 5.73 Å². The highest BCUT2D eigenvalue weighted by molar-refractivity contribution is 5.91. The Hall–Kier alpha value is -1.57. The molecule has 1 aromatic rings. The predicted octanol–water partition coefficient (Wildman–Crippen LogP) is 3.10. The summed E-state index contributed by atoms with van der Waals surface area (Å²) < 4.78 is 0. The third kappa shape index (κ3) is 2.76. The van der Waals surface area contributed by atoms with Crippen molar-refractivity contribution in [2.45, 2.75) is 38.5 Å². The fourth-order valence-corrected chi connectivity index (χ4v) is 2.31. The molecule has 0 saturated heterocycles. The van der Waals surface area contributed by atoms with E-state index >= 15 is 0 Å². The number of nitrogens with two attached hydrogens (primary N) is 1. The molecule has 0 fully saturated rings. The molecule has 0 aliphatic heterocycles. The minimum Gasteiger partial charge on any atom is -0.402 e. The monoisotopic (exact) mass is 229 g/mol. The van der Waals surface area contributed by atoms with Gasteiger partial charge in [0.1, 0.15) is 0 Å². The van der Waals surface area contributed by atoms with Crippen LogP contribution in [0.1, 0.15) is 49.7 Å². The standard InChI is InChI=1S/C15H19NO/c1-10(2)11-3-5-12(6-4-11)13-7-14(16)9-15(17)8-13/h3-6,9-10,13H,7-8,16H2,1-2H3/t13-/m0/s1. The Morgan fingerprint density at radius 2 is 1.82 bits per heavy atom. The van der Waals surface area contributed by atoms with Gasteiger partial charge in [-0.05, 0) is 35.5 Å². The van der Waals surface area contributed by atoms with Gasteiger partial charge in [-0.3, -0.25) is 4.79 Å². The van der Waals surface area contributed by atoms with Crippen molar-refractivity contribution in [1.29, 1.82) is 0 Å². The maximum atomic E-state index is 11.5. The number of rotatable bonds is 2. The first-order chi connectivity index (χ1) is 8.06. The highest BCUT2D eigenvalue weighted by Gasteiger charge is 2.20. The van der Waals surface area contributed by atoms with Crippen LogP contribution in [-0.2, 0) is 4.79 Å². The molecule has 17 heavy (non-hydrogen) atoms. The van der Waals surface area contributed by atoms with E-state index in [1.807, 2.05) is 0 Å². The van der Waals surface area contributed by atoms with Gasteiger partial charge in [-0.25, -0.2) is 0 Å². The summed E-state index contributed by atoms with van der Waals surface area (Å²) >= 11 is 0. The molecule has 2 rings (SSSR count). The fourth-order valence-electron chi connectivity index (χ4n) is 2.31. The van der Waals surface area contributed by atoms with Crippen LogP contribution in [0.3, 0.4) is 0 Å². The Bertz CT molecular complexity index is 442. The number of benzene rings is 1. The molecular formula is C15H19NO. The first kappa shape index (κ1) is 11.9. The summed E-state index contributed by atoms with van der Waals surface area (Å²) in [5, 5.41) is 0. The molecule has 1 atom stereocenters. The smallest absolute Gasteiger partial charge is 0.158 e. The molecule has 0 radical (unpaired) electrons. The van der Waals surface area contributed by atoms with E-state index in [2.05, 4.69) is 38.1 Å². The molecule has 1 aliphatic carbocycles. The van der Waals surface area contributed by atoms with Crippen molar-refractivity contribution in [1.82, 2.24) is 0 Å². The maximum absolute atomic E-state index is 11.5. The van der Waals surface area contributed by atoms with Gasteiger partial charge >= 0.3 is 0 Å². The van der Waals surface area contributed by atoms with Gasteiger partial charge in [0, 0.05) is 12.1 Å². The zero-order valence-electron chi connectivity index (χ0n) is 10.4. The van der Waals surface area contributed by atoms with Crippen molar-refractivity contribution < 1.29 is 4.79 Å². The van der Waals surface area contributed by atoms with Gasteiger partial charge in [0.2, 0.25) is 0 Å². The van der Waals surface area contributed by atoms with E-state index in [-0.39, 0.29) is 11.7 Å². The van der Waals surface area contributed by atoms with Crippen LogP contribution in [0.5, 0.6) is 0 Å². The molecule has 2 nitrogen and oxygen atoms in total. The summed E-state index contributed by atoms with van der Waals surface area (Å²) in [6, 6.07) is 8.57. The highest BCUT2D eigenvalue weighted by Crippen LogP contribution is 2.30. The maximum Gasteiger partial charge on any atom is 0.158 e. The molecule has 0 saturated carbocycles. The van der Waals surface area contributed by atoms with Crippen LogP contribution in [0.15, 0.2) is 36.0 Å².